The Labute approximate surface area is 161 Å². The lowest BCUT2D eigenvalue weighted by molar-refractivity contribution is 0.100. The van der Waals surface area contributed by atoms with Gasteiger partial charge >= 0.3 is 0 Å². The number of carbonyl (C=O) groups excluding carboxylic acids is 1. The van der Waals surface area contributed by atoms with Crippen molar-refractivity contribution in [3.8, 4) is 17.3 Å². The van der Waals surface area contributed by atoms with E-state index in [1.807, 2.05) is 0 Å². The fraction of sp³-hybridized carbons (Fsp3) is 0.316. The van der Waals surface area contributed by atoms with Crippen molar-refractivity contribution in [3.05, 3.63) is 35.9 Å². The minimum atomic E-state index is -0.589. The van der Waals surface area contributed by atoms with Crippen molar-refractivity contribution in [2.45, 2.75) is 18.9 Å². The molecular weight excluding hydrogens is 356 g/mol. The lowest BCUT2D eigenvalue weighted by Crippen LogP contribution is -2.38. The molecule has 0 unspecified atom stereocenters. The van der Waals surface area contributed by atoms with E-state index in [0.29, 0.717) is 28.2 Å². The molecule has 4 rings (SSSR count). The highest BCUT2D eigenvalue weighted by atomic mass is 16.1. The Morgan fingerprint density at radius 1 is 1.39 bits per heavy atom. The molecule has 0 bridgehead atoms. The maximum absolute atomic E-state index is 12.1. The Kier molecular flexibility index (Phi) is 4.63. The van der Waals surface area contributed by atoms with E-state index in [-0.39, 0.29) is 11.6 Å². The second kappa shape index (κ2) is 7.25. The average molecular weight is 376 g/mol. The van der Waals surface area contributed by atoms with E-state index in [1.165, 1.54) is 6.33 Å². The molecule has 0 aliphatic carbocycles. The molecule has 4 heterocycles. The third kappa shape index (κ3) is 3.25. The molecule has 9 nitrogen and oxygen atoms in total. The molecule has 0 radical (unpaired) electrons. The van der Waals surface area contributed by atoms with Crippen LogP contribution in [-0.2, 0) is 7.05 Å². The zero-order chi connectivity index (χ0) is 19.7. The van der Waals surface area contributed by atoms with Crippen LogP contribution in [-0.4, -0.2) is 44.6 Å². The van der Waals surface area contributed by atoms with Gasteiger partial charge in [-0.3, -0.25) is 4.79 Å². The van der Waals surface area contributed by atoms with Crippen molar-refractivity contribution in [2.24, 2.45) is 12.8 Å². The molecule has 4 N–H and O–H groups in total. The van der Waals surface area contributed by atoms with E-state index in [4.69, 9.17) is 10.7 Å². The number of fused-ring (bicyclic) bond motifs is 1. The molecule has 28 heavy (non-hydrogen) atoms. The van der Waals surface area contributed by atoms with Crippen molar-refractivity contribution in [1.29, 1.82) is 5.26 Å². The molecular formula is C19H20N8O. The second-order valence-electron chi connectivity index (χ2n) is 6.86. The van der Waals surface area contributed by atoms with Crippen LogP contribution in [0.5, 0.6) is 0 Å². The molecule has 1 fully saturated rings. The first-order valence-electron chi connectivity index (χ1n) is 9.06. The number of hydrogen-bond donors (Lipinski definition) is 3. The number of rotatable bonds is 4. The molecule has 1 aliphatic rings. The highest BCUT2D eigenvalue weighted by Gasteiger charge is 2.20. The first-order chi connectivity index (χ1) is 13.6. The lowest BCUT2D eigenvalue weighted by Gasteiger charge is -2.24. The molecule has 9 heteroatoms. The van der Waals surface area contributed by atoms with Gasteiger partial charge in [0.15, 0.2) is 5.82 Å². The minimum absolute atomic E-state index is 0.219. The summed E-state index contributed by atoms with van der Waals surface area (Å²) in [6, 6.07) is 5.68. The van der Waals surface area contributed by atoms with E-state index in [0.717, 1.165) is 31.5 Å². The number of carbonyl (C=O) groups is 1. The Hall–Kier alpha value is -3.51. The van der Waals surface area contributed by atoms with Crippen molar-refractivity contribution >= 4 is 22.8 Å². The molecule has 3 aromatic heterocycles. The molecule has 3 aromatic rings. The summed E-state index contributed by atoms with van der Waals surface area (Å²) in [4.78, 5) is 25.4. The van der Waals surface area contributed by atoms with Gasteiger partial charge in [0.1, 0.15) is 29.1 Å². The standard InChI is InChI=1S/C19H20N8O/c1-27-9-11(5-13(27)7-20)15-6-14(18(21)28)16-17(26-15)19(24-10-23-16)25-12-3-2-4-22-8-12/h5-6,9-10,12,22H,2-4,8H2,1H3,(H2,21,28)(H,23,24,25)/t12-/m0/s1. The minimum Gasteiger partial charge on any atom is -0.366 e. The first kappa shape index (κ1) is 17.9. The van der Waals surface area contributed by atoms with E-state index < -0.39 is 5.91 Å². The van der Waals surface area contributed by atoms with E-state index >= 15 is 0 Å². The fourth-order valence-electron chi connectivity index (χ4n) is 3.47. The summed E-state index contributed by atoms with van der Waals surface area (Å²) in [5.74, 6) is -0.0199. The van der Waals surface area contributed by atoms with Gasteiger partial charge in [0.2, 0.25) is 0 Å². The SMILES string of the molecule is Cn1cc(-c2cc(C(N)=O)c3ncnc(N[C@H]4CCCNC4)c3n2)cc1C#N. The highest BCUT2D eigenvalue weighted by molar-refractivity contribution is 6.06. The predicted octanol–water partition coefficient (Wildman–Crippen LogP) is 1.16. The largest absolute Gasteiger partial charge is 0.366 e. The van der Waals surface area contributed by atoms with E-state index in [9.17, 15) is 10.1 Å². The van der Waals surface area contributed by atoms with E-state index in [2.05, 4.69) is 26.7 Å². The molecule has 0 spiro atoms. The second-order valence-corrected chi connectivity index (χ2v) is 6.86. The number of aromatic nitrogens is 4. The summed E-state index contributed by atoms with van der Waals surface area (Å²) in [6.07, 6.45) is 5.29. The molecule has 1 amide bonds. The number of piperidine rings is 1. The van der Waals surface area contributed by atoms with E-state index in [1.54, 1.807) is 29.9 Å². The quantitative estimate of drug-likeness (QED) is 0.622. The first-order valence-corrected chi connectivity index (χ1v) is 9.06. The maximum Gasteiger partial charge on any atom is 0.251 e. The average Bonchev–Trinajstić information content (AvgIpc) is 3.09. The molecule has 1 atom stereocenters. The van der Waals surface area contributed by atoms with Gasteiger partial charge in [-0.05, 0) is 31.5 Å². The van der Waals surface area contributed by atoms with Crippen LogP contribution < -0.4 is 16.4 Å². The van der Waals surface area contributed by atoms with Gasteiger partial charge in [0.05, 0.1) is 11.3 Å². The third-order valence-corrected chi connectivity index (χ3v) is 4.91. The van der Waals surface area contributed by atoms with Crippen molar-refractivity contribution in [1.82, 2.24) is 24.8 Å². The van der Waals surface area contributed by atoms with Crippen LogP contribution in [0.2, 0.25) is 0 Å². The number of anilines is 1. The van der Waals surface area contributed by atoms with Gasteiger partial charge in [-0.25, -0.2) is 15.0 Å². The molecule has 142 valence electrons. The Morgan fingerprint density at radius 2 is 2.25 bits per heavy atom. The van der Waals surface area contributed by atoms with Gasteiger partial charge < -0.3 is 20.9 Å². The van der Waals surface area contributed by atoms with Crippen LogP contribution in [0.25, 0.3) is 22.3 Å². The van der Waals surface area contributed by atoms with Gasteiger partial charge in [0.25, 0.3) is 5.91 Å². The normalized spacial score (nSPS) is 16.6. The Morgan fingerprint density at radius 3 is 2.93 bits per heavy atom. The third-order valence-electron chi connectivity index (χ3n) is 4.91. The number of nitriles is 1. The number of nitrogens with zero attached hydrogens (tertiary/aromatic N) is 5. The van der Waals surface area contributed by atoms with Crippen molar-refractivity contribution < 1.29 is 4.79 Å². The molecule has 1 saturated heterocycles. The number of primary amides is 1. The molecule has 0 aromatic carbocycles. The highest BCUT2D eigenvalue weighted by Crippen LogP contribution is 2.28. The lowest BCUT2D eigenvalue weighted by atomic mass is 10.1. The summed E-state index contributed by atoms with van der Waals surface area (Å²) in [7, 11) is 1.78. The Balaban J connectivity index is 1.86. The summed E-state index contributed by atoms with van der Waals surface area (Å²) < 4.78 is 1.71. The molecule has 0 saturated carbocycles. The maximum atomic E-state index is 12.1. The fourth-order valence-corrected chi connectivity index (χ4v) is 3.47. The summed E-state index contributed by atoms with van der Waals surface area (Å²) >= 11 is 0. The number of nitrogens with two attached hydrogens (primary N) is 1. The Bertz CT molecular complexity index is 1090. The summed E-state index contributed by atoms with van der Waals surface area (Å²) in [5, 5.41) is 16.0. The van der Waals surface area contributed by atoms with Crippen LogP contribution in [0.15, 0.2) is 24.7 Å². The monoisotopic (exact) mass is 376 g/mol. The van der Waals surface area contributed by atoms with Crippen LogP contribution in [0.4, 0.5) is 5.82 Å². The van der Waals surface area contributed by atoms with Crippen molar-refractivity contribution in [3.63, 3.8) is 0 Å². The van der Waals surface area contributed by atoms with Crippen molar-refractivity contribution in [2.75, 3.05) is 18.4 Å². The predicted molar refractivity (Wildman–Crippen MR) is 104 cm³/mol. The number of amides is 1. The van der Waals surface area contributed by atoms with Crippen LogP contribution in [0, 0.1) is 11.3 Å². The molecule has 1 aliphatic heterocycles. The topological polar surface area (TPSA) is 135 Å². The van der Waals surface area contributed by atoms with Crippen LogP contribution in [0.3, 0.4) is 0 Å². The number of pyridine rings is 1. The van der Waals surface area contributed by atoms with Gasteiger partial charge in [-0.1, -0.05) is 0 Å². The number of nitrogens with one attached hydrogen (secondary N) is 2. The van der Waals surface area contributed by atoms with Crippen LogP contribution in [0.1, 0.15) is 28.9 Å². The number of hydrogen-bond acceptors (Lipinski definition) is 7. The summed E-state index contributed by atoms with van der Waals surface area (Å²) in [5.41, 5.74) is 8.53. The summed E-state index contributed by atoms with van der Waals surface area (Å²) in [6.45, 7) is 1.84. The van der Waals surface area contributed by atoms with Crippen LogP contribution >= 0.6 is 0 Å². The zero-order valence-electron chi connectivity index (χ0n) is 15.4. The smallest absolute Gasteiger partial charge is 0.251 e. The van der Waals surface area contributed by atoms with Gasteiger partial charge in [0, 0.05) is 31.4 Å². The van der Waals surface area contributed by atoms with Gasteiger partial charge in [-0.15, -0.1) is 0 Å². The zero-order valence-corrected chi connectivity index (χ0v) is 15.4. The van der Waals surface area contributed by atoms with Gasteiger partial charge in [-0.2, -0.15) is 5.26 Å². The number of aryl methyl sites for hydroxylation is 1.